The number of hydrogen-bond acceptors (Lipinski definition) is 2. The van der Waals surface area contributed by atoms with Gasteiger partial charge in [0.15, 0.2) is 0 Å². The minimum absolute atomic E-state index is 0.0147. The highest BCUT2D eigenvalue weighted by Crippen LogP contribution is 2.29. The van der Waals surface area contributed by atoms with Gasteiger partial charge in [-0.2, -0.15) is 13.2 Å². The SMILES string of the molecule is O=C(Cc1ccc(C(F)(F)F)cc1)Cc1cc(Br)cs1. The smallest absolute Gasteiger partial charge is 0.299 e. The van der Waals surface area contributed by atoms with Crippen molar-refractivity contribution in [3.8, 4) is 0 Å². The number of carbonyl (C=O) groups excluding carboxylic acids is 1. The summed E-state index contributed by atoms with van der Waals surface area (Å²) in [5.41, 5.74) is -0.102. The van der Waals surface area contributed by atoms with Gasteiger partial charge >= 0.3 is 6.18 Å². The normalized spacial score (nSPS) is 11.6. The quantitative estimate of drug-likeness (QED) is 0.757. The number of rotatable bonds is 4. The average molecular weight is 363 g/mol. The standard InChI is InChI=1S/C14H10BrF3OS/c15-11-6-13(20-8-11)7-12(19)5-9-1-3-10(4-2-9)14(16,17)18/h1-4,6,8H,5,7H2. The summed E-state index contributed by atoms with van der Waals surface area (Å²) in [6.45, 7) is 0. The minimum Gasteiger partial charge on any atom is -0.299 e. The van der Waals surface area contributed by atoms with Crippen molar-refractivity contribution in [1.82, 2.24) is 0 Å². The van der Waals surface area contributed by atoms with Crippen LogP contribution in [-0.4, -0.2) is 5.78 Å². The molecule has 1 aromatic carbocycles. The van der Waals surface area contributed by atoms with Gasteiger partial charge in [-0.25, -0.2) is 0 Å². The van der Waals surface area contributed by atoms with Crippen molar-refractivity contribution in [3.05, 3.63) is 56.2 Å². The van der Waals surface area contributed by atoms with Crippen molar-refractivity contribution in [1.29, 1.82) is 0 Å². The zero-order valence-corrected chi connectivity index (χ0v) is 12.6. The first kappa shape index (κ1) is 15.3. The second-order valence-electron chi connectivity index (χ2n) is 4.32. The molecule has 0 aliphatic heterocycles. The van der Waals surface area contributed by atoms with E-state index in [1.807, 2.05) is 11.4 Å². The molecule has 0 bridgehead atoms. The van der Waals surface area contributed by atoms with Gasteiger partial charge in [0, 0.05) is 27.6 Å². The van der Waals surface area contributed by atoms with Crippen molar-refractivity contribution in [2.24, 2.45) is 0 Å². The highest BCUT2D eigenvalue weighted by molar-refractivity contribution is 9.10. The number of halogens is 4. The zero-order chi connectivity index (χ0) is 14.8. The molecule has 1 nitrogen and oxygen atoms in total. The van der Waals surface area contributed by atoms with Crippen molar-refractivity contribution in [3.63, 3.8) is 0 Å². The molecule has 0 saturated heterocycles. The van der Waals surface area contributed by atoms with E-state index in [4.69, 9.17) is 0 Å². The molecular formula is C14H10BrF3OS. The summed E-state index contributed by atoms with van der Waals surface area (Å²) in [7, 11) is 0. The van der Waals surface area contributed by atoms with E-state index in [1.54, 1.807) is 0 Å². The molecular weight excluding hydrogens is 353 g/mol. The Hall–Kier alpha value is -1.14. The number of alkyl halides is 3. The summed E-state index contributed by atoms with van der Waals surface area (Å²) >= 11 is 4.79. The molecule has 0 radical (unpaired) electrons. The lowest BCUT2D eigenvalue weighted by Gasteiger charge is -2.07. The first-order valence-corrected chi connectivity index (χ1v) is 7.42. The molecule has 0 saturated carbocycles. The van der Waals surface area contributed by atoms with Gasteiger partial charge in [0.2, 0.25) is 0 Å². The summed E-state index contributed by atoms with van der Waals surface area (Å²) in [4.78, 5) is 12.8. The van der Waals surface area contributed by atoms with E-state index in [0.29, 0.717) is 12.0 Å². The molecule has 2 aromatic rings. The summed E-state index contributed by atoms with van der Waals surface area (Å²) in [6, 6.07) is 6.58. The van der Waals surface area contributed by atoms with Crippen LogP contribution in [0.25, 0.3) is 0 Å². The molecule has 0 spiro atoms. The van der Waals surface area contributed by atoms with Crippen molar-refractivity contribution < 1.29 is 18.0 Å². The fraction of sp³-hybridized carbons (Fsp3) is 0.214. The van der Waals surface area contributed by atoms with Crippen LogP contribution in [0.2, 0.25) is 0 Å². The predicted molar refractivity (Wildman–Crippen MR) is 75.9 cm³/mol. The van der Waals surface area contributed by atoms with Crippen molar-refractivity contribution >= 4 is 33.0 Å². The molecule has 0 N–H and O–H groups in total. The van der Waals surface area contributed by atoms with Gasteiger partial charge in [0.25, 0.3) is 0 Å². The van der Waals surface area contributed by atoms with Crippen LogP contribution >= 0.6 is 27.3 Å². The maximum Gasteiger partial charge on any atom is 0.416 e. The van der Waals surface area contributed by atoms with Crippen LogP contribution in [0.4, 0.5) is 13.2 Å². The topological polar surface area (TPSA) is 17.1 Å². The number of benzene rings is 1. The molecule has 20 heavy (non-hydrogen) atoms. The lowest BCUT2D eigenvalue weighted by atomic mass is 10.0. The van der Waals surface area contributed by atoms with Gasteiger partial charge in [-0.1, -0.05) is 12.1 Å². The molecule has 2 rings (SSSR count). The number of ketones is 1. The van der Waals surface area contributed by atoms with Crippen LogP contribution in [0.5, 0.6) is 0 Å². The summed E-state index contributed by atoms with van der Waals surface area (Å²) in [5, 5.41) is 1.89. The first-order chi connectivity index (χ1) is 9.34. The maximum atomic E-state index is 12.4. The largest absolute Gasteiger partial charge is 0.416 e. The molecule has 0 unspecified atom stereocenters. The lowest BCUT2D eigenvalue weighted by molar-refractivity contribution is -0.137. The third-order valence-electron chi connectivity index (χ3n) is 2.68. The van der Waals surface area contributed by atoms with Crippen molar-refractivity contribution in [2.75, 3.05) is 0 Å². The third kappa shape index (κ3) is 4.18. The third-order valence-corrected chi connectivity index (χ3v) is 4.37. The van der Waals surface area contributed by atoms with Gasteiger partial charge in [0.05, 0.1) is 5.56 Å². The molecule has 0 atom stereocenters. The Morgan fingerprint density at radius 1 is 1.15 bits per heavy atom. The molecule has 0 aliphatic carbocycles. The molecule has 1 aromatic heterocycles. The minimum atomic E-state index is -4.34. The summed E-state index contributed by atoms with van der Waals surface area (Å²) in [6.07, 6.45) is -3.89. The van der Waals surface area contributed by atoms with Crippen LogP contribution < -0.4 is 0 Å². The van der Waals surface area contributed by atoms with Crippen molar-refractivity contribution in [2.45, 2.75) is 19.0 Å². The Morgan fingerprint density at radius 2 is 1.80 bits per heavy atom. The second-order valence-corrected chi connectivity index (χ2v) is 6.23. The van der Waals surface area contributed by atoms with Gasteiger partial charge < -0.3 is 0 Å². The van der Waals surface area contributed by atoms with E-state index in [-0.39, 0.29) is 12.2 Å². The fourth-order valence-electron chi connectivity index (χ4n) is 1.74. The Balaban J connectivity index is 1.98. The van der Waals surface area contributed by atoms with Gasteiger partial charge in [-0.15, -0.1) is 11.3 Å². The average Bonchev–Trinajstić information content (AvgIpc) is 2.74. The Kier molecular flexibility index (Phi) is 4.65. The highest BCUT2D eigenvalue weighted by atomic mass is 79.9. The molecule has 0 amide bonds. The lowest BCUT2D eigenvalue weighted by Crippen LogP contribution is -2.07. The van der Waals surface area contributed by atoms with E-state index < -0.39 is 11.7 Å². The van der Waals surface area contributed by atoms with E-state index in [9.17, 15) is 18.0 Å². The summed E-state index contributed by atoms with van der Waals surface area (Å²) in [5.74, 6) is -0.0147. The molecule has 106 valence electrons. The van der Waals surface area contributed by atoms with Gasteiger partial charge in [-0.05, 0) is 39.7 Å². The van der Waals surface area contributed by atoms with Crippen LogP contribution in [0.1, 0.15) is 16.0 Å². The van der Waals surface area contributed by atoms with Crippen LogP contribution in [0.3, 0.4) is 0 Å². The molecule has 0 fully saturated rings. The van der Waals surface area contributed by atoms with Crippen LogP contribution in [0, 0.1) is 0 Å². The van der Waals surface area contributed by atoms with Crippen LogP contribution in [0.15, 0.2) is 40.2 Å². The predicted octanol–water partition coefficient (Wildman–Crippen LogP) is 4.88. The molecule has 1 heterocycles. The van der Waals surface area contributed by atoms with E-state index in [0.717, 1.165) is 21.5 Å². The molecule has 6 heteroatoms. The number of carbonyl (C=O) groups is 1. The van der Waals surface area contributed by atoms with E-state index >= 15 is 0 Å². The number of thiophene rings is 1. The Bertz CT molecular complexity index is 602. The van der Waals surface area contributed by atoms with Gasteiger partial charge in [0.1, 0.15) is 5.78 Å². The van der Waals surface area contributed by atoms with Gasteiger partial charge in [-0.3, -0.25) is 4.79 Å². The zero-order valence-electron chi connectivity index (χ0n) is 10.2. The second kappa shape index (κ2) is 6.10. The Labute approximate surface area is 126 Å². The van der Waals surface area contributed by atoms with Crippen LogP contribution in [-0.2, 0) is 23.8 Å². The monoisotopic (exact) mass is 362 g/mol. The Morgan fingerprint density at radius 3 is 2.30 bits per heavy atom. The fourth-order valence-corrected chi connectivity index (χ4v) is 3.22. The highest BCUT2D eigenvalue weighted by Gasteiger charge is 2.29. The maximum absolute atomic E-state index is 12.4. The first-order valence-electron chi connectivity index (χ1n) is 5.75. The summed E-state index contributed by atoms with van der Waals surface area (Å²) < 4.78 is 38.1. The number of hydrogen-bond donors (Lipinski definition) is 0. The number of Topliss-reactive ketones (excluding diaryl/α,β-unsaturated/α-hetero) is 1. The molecule has 0 aliphatic rings. The van der Waals surface area contributed by atoms with E-state index in [2.05, 4.69) is 15.9 Å². The van der Waals surface area contributed by atoms with E-state index in [1.165, 1.54) is 23.5 Å².